The lowest BCUT2D eigenvalue weighted by molar-refractivity contribution is -0.149. The molecular weight excluding hydrogens is 614 g/mol. The Morgan fingerprint density at radius 3 is 2.00 bits per heavy atom. The minimum absolute atomic E-state index is 0.0267. The summed E-state index contributed by atoms with van der Waals surface area (Å²) >= 11 is 0. The molecule has 0 bridgehead atoms. The predicted molar refractivity (Wildman–Crippen MR) is 189 cm³/mol. The first-order valence-corrected chi connectivity index (χ1v) is 18.9. The van der Waals surface area contributed by atoms with Crippen LogP contribution in [0.2, 0.25) is 0 Å². The van der Waals surface area contributed by atoms with Crippen molar-refractivity contribution in [3.05, 3.63) is 125 Å². The van der Waals surface area contributed by atoms with E-state index in [1.54, 1.807) is 30.9 Å². The van der Waals surface area contributed by atoms with E-state index in [1.165, 1.54) is 13.2 Å². The second-order valence-electron chi connectivity index (χ2n) is 13.0. The zero-order valence-corrected chi connectivity index (χ0v) is 29.7. The van der Waals surface area contributed by atoms with E-state index < -0.39 is 39.8 Å². The second kappa shape index (κ2) is 14.9. The van der Waals surface area contributed by atoms with Crippen LogP contribution in [0, 0.1) is 37.9 Å². The minimum Gasteiger partial charge on any atom is -0.479 e. The first kappa shape index (κ1) is 35.2. The van der Waals surface area contributed by atoms with Gasteiger partial charge < -0.3 is 14.1 Å². The lowest BCUT2D eigenvalue weighted by Crippen LogP contribution is -2.52. The minimum atomic E-state index is -3.53. The van der Waals surface area contributed by atoms with Crippen LogP contribution >= 0.6 is 7.37 Å². The van der Waals surface area contributed by atoms with E-state index in [0.29, 0.717) is 5.56 Å². The Kier molecular flexibility index (Phi) is 11.4. The number of aliphatic carboxylic acids is 1. The molecule has 0 spiro atoms. The fourth-order valence-electron chi connectivity index (χ4n) is 5.81. The Labute approximate surface area is 274 Å². The third kappa shape index (κ3) is 8.59. The molecule has 5 nitrogen and oxygen atoms in total. The molecule has 0 aromatic heterocycles. The van der Waals surface area contributed by atoms with Crippen LogP contribution in [-0.2, 0) is 18.3 Å². The molecule has 1 N–H and O–H groups in total. The van der Waals surface area contributed by atoms with Crippen LogP contribution in [0.25, 0.3) is 17.2 Å². The van der Waals surface area contributed by atoms with Crippen LogP contribution in [0.15, 0.2) is 96.8 Å². The van der Waals surface area contributed by atoms with Gasteiger partial charge in [0.1, 0.15) is 11.9 Å². The molecule has 4 aromatic rings. The second-order valence-corrected chi connectivity index (χ2v) is 17.8. The van der Waals surface area contributed by atoms with Gasteiger partial charge >= 0.3 is 5.97 Å². The summed E-state index contributed by atoms with van der Waals surface area (Å²) in [5.41, 5.74) is 4.54. The van der Waals surface area contributed by atoms with Crippen molar-refractivity contribution in [2.45, 2.75) is 47.6 Å². The fraction of sp³-hybridized carbons (Fsp3) is 0.289. The number of carbonyl (C=O) groups is 1. The van der Waals surface area contributed by atoms with Crippen LogP contribution in [0.3, 0.4) is 0 Å². The van der Waals surface area contributed by atoms with E-state index in [0.717, 1.165) is 38.2 Å². The molecule has 0 heterocycles. The Balaban J connectivity index is 1.74. The Hall–Kier alpha value is -3.61. The summed E-state index contributed by atoms with van der Waals surface area (Å²) in [7, 11) is -4.58. The molecule has 0 fully saturated rings. The summed E-state index contributed by atoms with van der Waals surface area (Å²) in [6, 6.07) is 28.5. The number of hydrogen-bond acceptors (Lipinski definition) is 4. The van der Waals surface area contributed by atoms with E-state index in [9.17, 15) is 18.9 Å². The van der Waals surface area contributed by atoms with Crippen molar-refractivity contribution < 1.29 is 27.8 Å². The number of aryl methyl sites for hydroxylation is 3. The summed E-state index contributed by atoms with van der Waals surface area (Å²) in [6.45, 7) is 11.5. The number of hydrogen-bond donors (Lipinski definition) is 1. The normalized spacial score (nSPS) is 14.7. The monoisotopic (exact) mass is 658 g/mol. The summed E-state index contributed by atoms with van der Waals surface area (Å²) in [4.78, 5) is 13.0. The Morgan fingerprint density at radius 1 is 0.913 bits per heavy atom. The zero-order chi connectivity index (χ0) is 33.6. The number of rotatable bonds is 12. The van der Waals surface area contributed by atoms with E-state index in [2.05, 4.69) is 0 Å². The highest BCUT2D eigenvalue weighted by Gasteiger charge is 2.43. The van der Waals surface area contributed by atoms with Crippen LogP contribution in [0.4, 0.5) is 4.39 Å². The van der Waals surface area contributed by atoms with Gasteiger partial charge in [-0.25, -0.2) is 9.18 Å². The largest absolute Gasteiger partial charge is 0.479 e. The van der Waals surface area contributed by atoms with Crippen molar-refractivity contribution in [1.82, 2.24) is 0 Å². The standard InChI is InChI=1S/C38H44FO5PSi/c1-26-22-27(2)32(33(23-26)29-18-19-35(39)28(3)24-29)20-21-45(42,43-7)25-34(38(4,5)6)36(37(40)41)44-46(30-14-10-8-11-15-30)31-16-12-9-13-17-31/h8-24,34,36,46H,25H2,1-7H3,(H,40,41)/b21-20-. The average Bonchev–Trinajstić information content (AvgIpc) is 3.01. The predicted octanol–water partition coefficient (Wildman–Crippen LogP) is 7.98. The number of halogens is 1. The Bertz CT molecular complexity index is 1690. The van der Waals surface area contributed by atoms with Crippen LogP contribution < -0.4 is 10.4 Å². The maximum atomic E-state index is 14.5. The molecule has 0 aliphatic carbocycles. The lowest BCUT2D eigenvalue weighted by atomic mass is 9.78. The van der Waals surface area contributed by atoms with Gasteiger partial charge in [-0.05, 0) is 82.6 Å². The molecule has 4 aromatic carbocycles. The zero-order valence-electron chi connectivity index (χ0n) is 27.7. The summed E-state index contributed by atoms with van der Waals surface area (Å²) in [5.74, 6) is -0.436. The molecule has 242 valence electrons. The van der Waals surface area contributed by atoms with E-state index in [1.807, 2.05) is 107 Å². The highest BCUT2D eigenvalue weighted by Crippen LogP contribution is 2.53. The van der Waals surface area contributed by atoms with E-state index >= 15 is 0 Å². The van der Waals surface area contributed by atoms with Gasteiger partial charge in [-0.1, -0.05) is 105 Å². The van der Waals surface area contributed by atoms with Crippen LogP contribution in [-0.4, -0.2) is 39.5 Å². The van der Waals surface area contributed by atoms with Gasteiger partial charge in [-0.3, -0.25) is 4.57 Å². The first-order valence-electron chi connectivity index (χ1n) is 15.4. The summed E-state index contributed by atoms with van der Waals surface area (Å²) in [5, 5.41) is 12.5. The SMILES string of the molecule is COP(=O)(/C=C\c1c(C)cc(C)cc1-c1ccc(F)c(C)c1)CC(C(O[SiH](c1ccccc1)c1ccccc1)C(=O)O)C(C)(C)C. The molecule has 0 radical (unpaired) electrons. The number of carboxylic acid groups (broad SMARTS) is 1. The maximum Gasteiger partial charge on any atom is 0.331 e. The number of carboxylic acids is 1. The van der Waals surface area contributed by atoms with Crippen LogP contribution in [0.1, 0.15) is 43.0 Å². The van der Waals surface area contributed by atoms with Crippen LogP contribution in [0.5, 0.6) is 0 Å². The quantitative estimate of drug-likeness (QED) is 0.123. The van der Waals surface area contributed by atoms with Gasteiger partial charge in [0.15, 0.2) is 0 Å². The van der Waals surface area contributed by atoms with Crippen molar-refractivity contribution >= 4 is 38.8 Å². The third-order valence-electron chi connectivity index (χ3n) is 8.44. The molecule has 0 amide bonds. The highest BCUT2D eigenvalue weighted by molar-refractivity contribution is 7.62. The molecule has 0 aliphatic heterocycles. The van der Waals surface area contributed by atoms with Crippen molar-refractivity contribution in [2.75, 3.05) is 13.3 Å². The highest BCUT2D eigenvalue weighted by atomic mass is 31.2. The van der Waals surface area contributed by atoms with Crippen molar-refractivity contribution in [3.63, 3.8) is 0 Å². The first-order chi connectivity index (χ1) is 21.7. The van der Waals surface area contributed by atoms with Crippen molar-refractivity contribution in [2.24, 2.45) is 11.3 Å². The molecule has 0 saturated carbocycles. The van der Waals surface area contributed by atoms with Crippen molar-refractivity contribution in [1.29, 1.82) is 0 Å². The van der Waals surface area contributed by atoms with E-state index in [4.69, 9.17) is 8.95 Å². The number of benzene rings is 4. The van der Waals surface area contributed by atoms with Gasteiger partial charge in [0, 0.05) is 25.0 Å². The topological polar surface area (TPSA) is 72.8 Å². The average molecular weight is 659 g/mol. The van der Waals surface area contributed by atoms with Gasteiger partial charge in [0.05, 0.1) is 0 Å². The van der Waals surface area contributed by atoms with E-state index in [-0.39, 0.29) is 12.0 Å². The van der Waals surface area contributed by atoms with Crippen molar-refractivity contribution in [3.8, 4) is 11.1 Å². The molecule has 4 rings (SSSR count). The molecule has 46 heavy (non-hydrogen) atoms. The summed E-state index contributed by atoms with van der Waals surface area (Å²) in [6.07, 6.45) is 0.545. The fourth-order valence-corrected chi connectivity index (χ4v) is 10.3. The lowest BCUT2D eigenvalue weighted by Gasteiger charge is -2.38. The van der Waals surface area contributed by atoms with Gasteiger partial charge in [0.2, 0.25) is 16.4 Å². The molecule has 8 heteroatoms. The smallest absolute Gasteiger partial charge is 0.331 e. The molecule has 0 aliphatic rings. The third-order valence-corrected chi connectivity index (χ3v) is 13.1. The summed E-state index contributed by atoms with van der Waals surface area (Å²) < 4.78 is 41.0. The molecular formula is C38H44FO5PSi. The Morgan fingerprint density at radius 2 is 1.50 bits per heavy atom. The van der Waals surface area contributed by atoms with Gasteiger partial charge in [0.25, 0.3) is 0 Å². The molecule has 0 saturated heterocycles. The van der Waals surface area contributed by atoms with Gasteiger partial charge in [-0.15, -0.1) is 0 Å². The maximum absolute atomic E-state index is 14.5. The molecule has 3 atom stereocenters. The van der Waals surface area contributed by atoms with Gasteiger partial charge in [-0.2, -0.15) is 0 Å². The molecule has 3 unspecified atom stereocenters.